The molecule has 154 valence electrons. The van der Waals surface area contributed by atoms with Crippen LogP contribution in [0.1, 0.15) is 26.3 Å². The lowest BCUT2D eigenvalue weighted by atomic mass is 9.87. The summed E-state index contributed by atoms with van der Waals surface area (Å²) in [4.78, 5) is 29.5. The molecule has 0 atom stereocenters. The lowest BCUT2D eigenvalue weighted by Gasteiger charge is -2.17. The minimum Gasteiger partial charge on any atom is -0.348 e. The molecule has 0 radical (unpaired) electrons. The second kappa shape index (κ2) is 8.44. The number of rotatable bonds is 5. The van der Waals surface area contributed by atoms with E-state index in [0.717, 1.165) is 44.5 Å². The topological polar surface area (TPSA) is 59.1 Å². The molecular formula is C28H20N2O2. The average Bonchev–Trinajstić information content (AvgIpc) is 2.86. The van der Waals surface area contributed by atoms with Gasteiger partial charge in [-0.3, -0.25) is 14.6 Å². The summed E-state index contributed by atoms with van der Waals surface area (Å²) in [6.07, 6.45) is 4.30. The summed E-state index contributed by atoms with van der Waals surface area (Å²) >= 11 is 0. The van der Waals surface area contributed by atoms with Gasteiger partial charge < -0.3 is 5.32 Å². The molecule has 4 nitrogen and oxygen atoms in total. The zero-order valence-electron chi connectivity index (χ0n) is 17.3. The molecule has 1 amide bonds. The number of amides is 1. The lowest BCUT2D eigenvalue weighted by Crippen LogP contribution is -2.23. The number of nitrogens with one attached hydrogen (secondary N) is 1. The van der Waals surface area contributed by atoms with Crippen molar-refractivity contribution >= 4 is 33.7 Å². The molecule has 1 aromatic heterocycles. The number of carbonyl (C=O) groups is 2. The number of pyridine rings is 1. The molecule has 5 aromatic rings. The molecule has 0 bridgehead atoms. The molecule has 0 aliphatic carbocycles. The van der Waals surface area contributed by atoms with E-state index in [1.165, 1.54) is 0 Å². The number of aromatic nitrogens is 1. The van der Waals surface area contributed by atoms with Gasteiger partial charge in [0.25, 0.3) is 5.91 Å². The van der Waals surface area contributed by atoms with E-state index in [1.807, 2.05) is 84.9 Å². The van der Waals surface area contributed by atoms with Crippen LogP contribution in [0.25, 0.3) is 32.7 Å². The van der Waals surface area contributed by atoms with Crippen LogP contribution in [0, 0.1) is 0 Å². The normalized spacial score (nSPS) is 10.9. The third-order valence-corrected chi connectivity index (χ3v) is 5.69. The maximum atomic E-state index is 13.4. The number of hydrogen-bond donors (Lipinski definition) is 1. The fourth-order valence-corrected chi connectivity index (χ4v) is 4.18. The quantitative estimate of drug-likeness (QED) is 0.369. The van der Waals surface area contributed by atoms with Gasteiger partial charge in [-0.05, 0) is 39.2 Å². The van der Waals surface area contributed by atoms with Crippen LogP contribution in [0.4, 0.5) is 0 Å². The number of carbonyl (C=O) groups excluding carboxylic acids is 2. The van der Waals surface area contributed by atoms with Crippen LogP contribution in [0.3, 0.4) is 0 Å². The van der Waals surface area contributed by atoms with Crippen molar-refractivity contribution in [1.29, 1.82) is 0 Å². The number of benzene rings is 4. The largest absolute Gasteiger partial charge is 0.348 e. The molecule has 1 heterocycles. The third kappa shape index (κ3) is 3.52. The van der Waals surface area contributed by atoms with Crippen LogP contribution in [-0.2, 0) is 6.54 Å². The molecule has 0 saturated carbocycles. The Hall–Kier alpha value is -4.31. The van der Waals surface area contributed by atoms with E-state index in [9.17, 15) is 9.59 Å². The van der Waals surface area contributed by atoms with Crippen molar-refractivity contribution in [2.45, 2.75) is 6.54 Å². The fourth-order valence-electron chi connectivity index (χ4n) is 4.18. The monoisotopic (exact) mass is 416 g/mol. The van der Waals surface area contributed by atoms with Crippen molar-refractivity contribution in [3.63, 3.8) is 0 Å². The first-order valence-electron chi connectivity index (χ1n) is 10.4. The van der Waals surface area contributed by atoms with Crippen molar-refractivity contribution in [2.24, 2.45) is 0 Å². The van der Waals surface area contributed by atoms with Crippen molar-refractivity contribution in [3.05, 3.63) is 114 Å². The van der Waals surface area contributed by atoms with E-state index in [0.29, 0.717) is 17.7 Å². The molecule has 0 aliphatic heterocycles. The van der Waals surface area contributed by atoms with E-state index < -0.39 is 0 Å². The summed E-state index contributed by atoms with van der Waals surface area (Å²) in [6, 6.07) is 27.2. The van der Waals surface area contributed by atoms with Gasteiger partial charge in [-0.15, -0.1) is 0 Å². The Morgan fingerprint density at radius 1 is 0.781 bits per heavy atom. The van der Waals surface area contributed by atoms with Crippen LogP contribution in [0.5, 0.6) is 0 Å². The summed E-state index contributed by atoms with van der Waals surface area (Å²) in [5.74, 6) is -0.195. The Labute approximate surface area is 185 Å². The zero-order chi connectivity index (χ0) is 21.9. The van der Waals surface area contributed by atoms with Gasteiger partial charge in [0, 0.05) is 41.2 Å². The molecule has 0 unspecified atom stereocenters. The highest BCUT2D eigenvalue weighted by Crippen LogP contribution is 2.38. The Kier molecular flexibility index (Phi) is 5.18. The minimum absolute atomic E-state index is 0.195. The highest BCUT2D eigenvalue weighted by Gasteiger charge is 2.20. The van der Waals surface area contributed by atoms with Gasteiger partial charge in [0.15, 0.2) is 6.29 Å². The number of aldehydes is 1. The Morgan fingerprint density at radius 2 is 1.47 bits per heavy atom. The number of fused-ring (bicyclic) bond motifs is 2. The van der Waals surface area contributed by atoms with Gasteiger partial charge in [0.1, 0.15) is 0 Å². The van der Waals surface area contributed by atoms with Crippen molar-refractivity contribution < 1.29 is 9.59 Å². The molecule has 5 rings (SSSR count). The van der Waals surface area contributed by atoms with Crippen LogP contribution in [0.2, 0.25) is 0 Å². The molecule has 4 heteroatoms. The van der Waals surface area contributed by atoms with Crippen LogP contribution in [0.15, 0.2) is 97.3 Å². The first kappa shape index (κ1) is 19.6. The molecule has 0 fully saturated rings. The Balaban J connectivity index is 1.73. The van der Waals surface area contributed by atoms with Crippen molar-refractivity contribution in [3.8, 4) is 11.1 Å². The summed E-state index contributed by atoms with van der Waals surface area (Å²) < 4.78 is 0. The highest BCUT2D eigenvalue weighted by molar-refractivity contribution is 6.16. The van der Waals surface area contributed by atoms with Gasteiger partial charge in [-0.1, -0.05) is 72.8 Å². The fraction of sp³-hybridized carbons (Fsp3) is 0.0357. The first-order valence-corrected chi connectivity index (χ1v) is 10.4. The van der Waals surface area contributed by atoms with Crippen LogP contribution in [-0.4, -0.2) is 17.2 Å². The predicted molar refractivity (Wildman–Crippen MR) is 128 cm³/mol. The molecule has 0 aliphatic rings. The van der Waals surface area contributed by atoms with E-state index in [-0.39, 0.29) is 5.91 Å². The van der Waals surface area contributed by atoms with Crippen molar-refractivity contribution in [1.82, 2.24) is 10.3 Å². The summed E-state index contributed by atoms with van der Waals surface area (Å²) in [5.41, 5.74) is 3.56. The molecular weight excluding hydrogens is 396 g/mol. The zero-order valence-corrected chi connectivity index (χ0v) is 17.3. The van der Waals surface area contributed by atoms with Crippen LogP contribution < -0.4 is 5.32 Å². The number of nitrogens with zero attached hydrogens (tertiary/aromatic N) is 1. The van der Waals surface area contributed by atoms with Crippen molar-refractivity contribution in [2.75, 3.05) is 0 Å². The maximum Gasteiger partial charge on any atom is 0.252 e. The van der Waals surface area contributed by atoms with Gasteiger partial charge in [0.2, 0.25) is 0 Å². The summed E-state index contributed by atoms with van der Waals surface area (Å²) in [6.45, 7) is 0.370. The van der Waals surface area contributed by atoms with Gasteiger partial charge in [-0.25, -0.2) is 0 Å². The molecule has 1 N–H and O–H groups in total. The summed E-state index contributed by atoms with van der Waals surface area (Å²) in [5, 5.41) is 6.91. The lowest BCUT2D eigenvalue weighted by molar-refractivity contribution is 0.0951. The number of hydrogen-bond acceptors (Lipinski definition) is 3. The Bertz CT molecular complexity index is 1460. The minimum atomic E-state index is -0.195. The molecule has 4 aromatic carbocycles. The predicted octanol–water partition coefficient (Wildman–Crippen LogP) is 5.80. The van der Waals surface area contributed by atoms with Gasteiger partial charge in [0.05, 0.1) is 0 Å². The standard InChI is InChI=1S/C28H20N2O2/c31-18-22-12-11-20-7-1-3-9-23(20)26(22)27-24-10-4-2-8-21(24)13-14-25(27)28(32)30-17-19-6-5-15-29-16-19/h1-16,18H,17H2,(H,30,32). The third-order valence-electron chi connectivity index (χ3n) is 5.69. The van der Waals surface area contributed by atoms with Crippen LogP contribution >= 0.6 is 0 Å². The van der Waals surface area contributed by atoms with E-state index in [4.69, 9.17) is 0 Å². The Morgan fingerprint density at radius 3 is 2.16 bits per heavy atom. The summed E-state index contributed by atoms with van der Waals surface area (Å²) in [7, 11) is 0. The average molecular weight is 416 g/mol. The van der Waals surface area contributed by atoms with E-state index in [1.54, 1.807) is 12.4 Å². The second-order valence-corrected chi connectivity index (χ2v) is 7.62. The smallest absolute Gasteiger partial charge is 0.252 e. The van der Waals surface area contributed by atoms with E-state index in [2.05, 4.69) is 10.3 Å². The van der Waals surface area contributed by atoms with E-state index >= 15 is 0 Å². The molecule has 0 spiro atoms. The SMILES string of the molecule is O=Cc1ccc2ccccc2c1-c1c(C(=O)NCc2cccnc2)ccc2ccccc12. The van der Waals surface area contributed by atoms with Gasteiger partial charge >= 0.3 is 0 Å². The van der Waals surface area contributed by atoms with Gasteiger partial charge in [-0.2, -0.15) is 0 Å². The highest BCUT2D eigenvalue weighted by atomic mass is 16.1. The maximum absolute atomic E-state index is 13.4. The molecule has 32 heavy (non-hydrogen) atoms. The molecule has 0 saturated heterocycles. The first-order chi connectivity index (χ1) is 15.8. The second-order valence-electron chi connectivity index (χ2n) is 7.62.